The summed E-state index contributed by atoms with van der Waals surface area (Å²) in [6.07, 6.45) is 0. The van der Waals surface area contributed by atoms with Gasteiger partial charge in [-0.3, -0.25) is 0 Å². The van der Waals surface area contributed by atoms with Crippen molar-refractivity contribution >= 4 is 17.9 Å². The second kappa shape index (κ2) is 6.77. The van der Waals surface area contributed by atoms with Crippen molar-refractivity contribution < 1.29 is 15.3 Å². The minimum absolute atomic E-state index is 0. The van der Waals surface area contributed by atoms with Crippen molar-refractivity contribution in [3.8, 4) is 0 Å². The molecular weight excluding hydrogens is 206 g/mol. The molecule has 84 valence electrons. The SMILES string of the molecule is FB(c1ccccc1)c1ccccc1.O.O. The third-order valence-corrected chi connectivity index (χ3v) is 2.18. The highest BCUT2D eigenvalue weighted by atomic mass is 19.1. The van der Waals surface area contributed by atoms with E-state index < -0.39 is 6.99 Å². The van der Waals surface area contributed by atoms with Gasteiger partial charge in [-0.05, 0) is 10.9 Å². The third kappa shape index (κ3) is 3.19. The topological polar surface area (TPSA) is 63.0 Å². The predicted molar refractivity (Wildman–Crippen MR) is 66.2 cm³/mol. The Balaban J connectivity index is 0.00000112. The first-order valence-corrected chi connectivity index (χ1v) is 4.62. The zero-order valence-corrected chi connectivity index (χ0v) is 8.73. The standard InChI is InChI=1S/C12H10BF.2H2O/c14-13(11-7-3-1-4-8-11)12-9-5-2-6-10-12;;/h1-10H;2*1H2. The highest BCUT2D eigenvalue weighted by Crippen LogP contribution is 1.92. The van der Waals surface area contributed by atoms with Crippen LogP contribution in [0.1, 0.15) is 0 Å². The quantitative estimate of drug-likeness (QED) is 0.645. The van der Waals surface area contributed by atoms with Crippen LogP contribution in [0.3, 0.4) is 0 Å². The van der Waals surface area contributed by atoms with Gasteiger partial charge in [0.1, 0.15) is 0 Å². The third-order valence-electron chi connectivity index (χ3n) is 2.18. The number of hydrogen-bond donors (Lipinski definition) is 0. The maximum atomic E-state index is 13.9. The second-order valence-electron chi connectivity index (χ2n) is 3.18. The number of rotatable bonds is 2. The first-order valence-electron chi connectivity index (χ1n) is 4.62. The molecule has 0 amide bonds. The van der Waals surface area contributed by atoms with Gasteiger partial charge >= 0.3 is 6.99 Å². The lowest BCUT2D eigenvalue weighted by Crippen LogP contribution is -2.37. The van der Waals surface area contributed by atoms with Gasteiger partial charge in [0, 0.05) is 0 Å². The van der Waals surface area contributed by atoms with Crippen LogP contribution >= 0.6 is 0 Å². The fraction of sp³-hybridized carbons (Fsp3) is 0. The minimum Gasteiger partial charge on any atom is -0.412 e. The Kier molecular flexibility index (Phi) is 6.07. The van der Waals surface area contributed by atoms with Crippen LogP contribution in [0.25, 0.3) is 0 Å². The van der Waals surface area contributed by atoms with Crippen LogP contribution in [0.2, 0.25) is 0 Å². The van der Waals surface area contributed by atoms with Crippen molar-refractivity contribution in [3.05, 3.63) is 60.7 Å². The van der Waals surface area contributed by atoms with Crippen molar-refractivity contribution in [2.24, 2.45) is 0 Å². The van der Waals surface area contributed by atoms with Gasteiger partial charge in [-0.25, -0.2) is 0 Å². The molecule has 0 aliphatic heterocycles. The fourth-order valence-electron chi connectivity index (χ4n) is 1.44. The Morgan fingerprint density at radius 2 is 0.938 bits per heavy atom. The first-order chi connectivity index (χ1) is 6.88. The van der Waals surface area contributed by atoms with Crippen molar-refractivity contribution in [3.63, 3.8) is 0 Å². The van der Waals surface area contributed by atoms with Gasteiger partial charge in [-0.15, -0.1) is 0 Å². The van der Waals surface area contributed by atoms with Gasteiger partial charge in [0.2, 0.25) is 0 Å². The van der Waals surface area contributed by atoms with E-state index in [9.17, 15) is 4.32 Å². The molecule has 0 saturated carbocycles. The molecule has 0 spiro atoms. The monoisotopic (exact) mass is 220 g/mol. The Hall–Kier alpha value is -1.65. The zero-order valence-electron chi connectivity index (χ0n) is 8.73. The molecule has 2 aromatic carbocycles. The highest BCUT2D eigenvalue weighted by Gasteiger charge is 2.17. The van der Waals surface area contributed by atoms with E-state index in [4.69, 9.17) is 0 Å². The molecule has 0 aliphatic rings. The van der Waals surface area contributed by atoms with Crippen LogP contribution in [0.15, 0.2) is 60.7 Å². The second-order valence-corrected chi connectivity index (χ2v) is 3.18. The summed E-state index contributed by atoms with van der Waals surface area (Å²) in [4.78, 5) is 0. The lowest BCUT2D eigenvalue weighted by molar-refractivity contribution is 0.823. The molecule has 0 aromatic heterocycles. The van der Waals surface area contributed by atoms with E-state index in [1.807, 2.05) is 36.4 Å². The molecule has 0 unspecified atom stereocenters. The molecule has 2 rings (SSSR count). The van der Waals surface area contributed by atoms with E-state index >= 15 is 0 Å². The number of benzene rings is 2. The molecule has 0 fully saturated rings. The molecule has 0 aliphatic carbocycles. The fourth-order valence-corrected chi connectivity index (χ4v) is 1.44. The summed E-state index contributed by atoms with van der Waals surface area (Å²) in [7, 11) is 0. The molecule has 2 nitrogen and oxygen atoms in total. The van der Waals surface area contributed by atoms with Gasteiger partial charge < -0.3 is 15.3 Å². The molecule has 0 radical (unpaired) electrons. The molecule has 0 atom stereocenters. The molecule has 0 heterocycles. The maximum absolute atomic E-state index is 13.9. The Morgan fingerprint density at radius 1 is 0.625 bits per heavy atom. The summed E-state index contributed by atoms with van der Waals surface area (Å²) in [6, 6.07) is 18.4. The summed E-state index contributed by atoms with van der Waals surface area (Å²) in [5, 5.41) is 0. The largest absolute Gasteiger partial charge is 0.413 e. The van der Waals surface area contributed by atoms with E-state index in [0.717, 1.165) is 0 Å². The number of halogens is 1. The minimum atomic E-state index is -1.02. The Labute approximate surface area is 94.5 Å². The van der Waals surface area contributed by atoms with Crippen LogP contribution in [0.4, 0.5) is 4.32 Å². The van der Waals surface area contributed by atoms with Gasteiger partial charge in [0.25, 0.3) is 0 Å². The molecule has 16 heavy (non-hydrogen) atoms. The predicted octanol–water partition coefficient (Wildman–Crippen LogP) is 0.112. The van der Waals surface area contributed by atoms with E-state index in [1.54, 1.807) is 24.3 Å². The summed E-state index contributed by atoms with van der Waals surface area (Å²) >= 11 is 0. The van der Waals surface area contributed by atoms with Gasteiger partial charge in [-0.2, -0.15) is 0 Å². The lowest BCUT2D eigenvalue weighted by Gasteiger charge is -2.03. The molecule has 4 heteroatoms. The maximum Gasteiger partial charge on any atom is 0.413 e. The van der Waals surface area contributed by atoms with Crippen LogP contribution in [-0.4, -0.2) is 17.9 Å². The lowest BCUT2D eigenvalue weighted by atomic mass is 9.59. The Bertz CT molecular complexity index is 355. The molecule has 0 saturated heterocycles. The summed E-state index contributed by atoms with van der Waals surface area (Å²) in [5.41, 5.74) is 1.41. The van der Waals surface area contributed by atoms with Crippen LogP contribution in [0.5, 0.6) is 0 Å². The van der Waals surface area contributed by atoms with E-state index in [0.29, 0.717) is 10.9 Å². The van der Waals surface area contributed by atoms with Crippen LogP contribution in [-0.2, 0) is 0 Å². The van der Waals surface area contributed by atoms with Gasteiger partial charge in [0.15, 0.2) is 0 Å². The zero-order chi connectivity index (χ0) is 9.80. The summed E-state index contributed by atoms with van der Waals surface area (Å²) < 4.78 is 13.9. The summed E-state index contributed by atoms with van der Waals surface area (Å²) in [5.74, 6) is 0. The van der Waals surface area contributed by atoms with Crippen molar-refractivity contribution in [1.82, 2.24) is 0 Å². The smallest absolute Gasteiger partial charge is 0.412 e. The van der Waals surface area contributed by atoms with Gasteiger partial charge in [0.05, 0.1) is 0 Å². The summed E-state index contributed by atoms with van der Waals surface area (Å²) in [6.45, 7) is -1.02. The van der Waals surface area contributed by atoms with E-state index in [1.165, 1.54) is 0 Å². The van der Waals surface area contributed by atoms with Gasteiger partial charge in [-0.1, -0.05) is 60.7 Å². The Morgan fingerprint density at radius 3 is 1.25 bits per heavy atom. The molecule has 0 bridgehead atoms. The average Bonchev–Trinajstić information content (AvgIpc) is 2.30. The normalized spacial score (nSPS) is 8.56. The first kappa shape index (κ1) is 14.4. The average molecular weight is 220 g/mol. The van der Waals surface area contributed by atoms with Crippen molar-refractivity contribution in [2.45, 2.75) is 0 Å². The van der Waals surface area contributed by atoms with Crippen LogP contribution < -0.4 is 10.9 Å². The van der Waals surface area contributed by atoms with Crippen LogP contribution in [0, 0.1) is 0 Å². The number of hydrogen-bond acceptors (Lipinski definition) is 0. The van der Waals surface area contributed by atoms with E-state index in [2.05, 4.69) is 0 Å². The highest BCUT2D eigenvalue weighted by molar-refractivity contribution is 6.79. The van der Waals surface area contributed by atoms with E-state index in [-0.39, 0.29) is 11.0 Å². The molecule has 2 aromatic rings. The molecule has 4 N–H and O–H groups in total. The van der Waals surface area contributed by atoms with Crippen molar-refractivity contribution in [1.29, 1.82) is 0 Å². The molecular formula is C12H14BFO2. The van der Waals surface area contributed by atoms with Crippen molar-refractivity contribution in [2.75, 3.05) is 0 Å².